The van der Waals surface area contributed by atoms with Gasteiger partial charge in [0, 0.05) is 29.2 Å². The molecule has 0 saturated carbocycles. The van der Waals surface area contributed by atoms with E-state index >= 15 is 0 Å². The monoisotopic (exact) mass is 389 g/mol. The Morgan fingerprint density at radius 3 is 2.33 bits per heavy atom. The van der Waals surface area contributed by atoms with Gasteiger partial charge in [0.2, 0.25) is 5.91 Å². The summed E-state index contributed by atoms with van der Waals surface area (Å²) in [7, 11) is -2.42. The molecule has 0 atom stereocenters. The average molecular weight is 390 g/mol. The standard InChI is InChI=1S/C16H14Cl2FNO3S/c1-20(9-13-14(18)3-2-4-15(13)19)16(21)10-24(22,23)12-7-5-11(17)6-8-12/h2-8H,9-10H2,1H3. The summed E-state index contributed by atoms with van der Waals surface area (Å²) in [6, 6.07) is 9.71. The average Bonchev–Trinajstić information content (AvgIpc) is 2.51. The van der Waals surface area contributed by atoms with Crippen molar-refractivity contribution >= 4 is 38.9 Å². The molecule has 2 aromatic carbocycles. The molecule has 0 spiro atoms. The van der Waals surface area contributed by atoms with Crippen molar-refractivity contribution < 1.29 is 17.6 Å². The molecule has 0 bridgehead atoms. The molecular weight excluding hydrogens is 376 g/mol. The van der Waals surface area contributed by atoms with Crippen LogP contribution >= 0.6 is 23.2 Å². The second kappa shape index (κ2) is 7.51. The van der Waals surface area contributed by atoms with E-state index in [1.807, 2.05) is 0 Å². The summed E-state index contributed by atoms with van der Waals surface area (Å²) in [5.41, 5.74) is 0.138. The highest BCUT2D eigenvalue weighted by atomic mass is 35.5. The van der Waals surface area contributed by atoms with Crippen molar-refractivity contribution in [2.75, 3.05) is 12.8 Å². The molecule has 2 aromatic rings. The molecule has 2 rings (SSSR count). The van der Waals surface area contributed by atoms with Gasteiger partial charge in [0.15, 0.2) is 9.84 Å². The summed E-state index contributed by atoms with van der Waals surface area (Å²) in [5.74, 6) is -1.94. The number of nitrogens with zero attached hydrogens (tertiary/aromatic N) is 1. The third-order valence-corrected chi connectivity index (χ3v) is 5.59. The number of hydrogen-bond donors (Lipinski definition) is 0. The van der Waals surface area contributed by atoms with Crippen molar-refractivity contribution in [2.24, 2.45) is 0 Å². The number of carbonyl (C=O) groups is 1. The molecule has 0 aliphatic heterocycles. The van der Waals surface area contributed by atoms with E-state index in [1.54, 1.807) is 0 Å². The highest BCUT2D eigenvalue weighted by Crippen LogP contribution is 2.21. The molecule has 24 heavy (non-hydrogen) atoms. The first-order chi connectivity index (χ1) is 11.2. The molecule has 8 heteroatoms. The molecule has 0 saturated heterocycles. The summed E-state index contributed by atoms with van der Waals surface area (Å²) in [4.78, 5) is 13.3. The summed E-state index contributed by atoms with van der Waals surface area (Å²) in [6.45, 7) is -0.125. The first-order valence-electron chi connectivity index (χ1n) is 6.86. The van der Waals surface area contributed by atoms with Crippen LogP contribution in [0.15, 0.2) is 47.4 Å². The quantitative estimate of drug-likeness (QED) is 0.785. The molecule has 0 unspecified atom stereocenters. The lowest BCUT2D eigenvalue weighted by atomic mass is 10.2. The van der Waals surface area contributed by atoms with Gasteiger partial charge in [-0.3, -0.25) is 4.79 Å². The predicted octanol–water partition coefficient (Wildman–Crippen LogP) is 3.56. The van der Waals surface area contributed by atoms with Crippen molar-refractivity contribution in [3.63, 3.8) is 0 Å². The first kappa shape index (κ1) is 18.7. The van der Waals surface area contributed by atoms with Crippen LogP contribution in [0.4, 0.5) is 4.39 Å². The third kappa shape index (κ3) is 4.47. The van der Waals surface area contributed by atoms with Gasteiger partial charge in [-0.2, -0.15) is 0 Å². The minimum absolute atomic E-state index is 0.00225. The second-order valence-electron chi connectivity index (χ2n) is 5.16. The van der Waals surface area contributed by atoms with Crippen LogP contribution in [-0.4, -0.2) is 32.0 Å². The molecule has 0 aliphatic rings. The Labute approximate surface area is 149 Å². The summed E-state index contributed by atoms with van der Waals surface area (Å²) in [5, 5.41) is 0.571. The van der Waals surface area contributed by atoms with Gasteiger partial charge in [-0.25, -0.2) is 12.8 Å². The Kier molecular flexibility index (Phi) is 5.85. The topological polar surface area (TPSA) is 54.5 Å². The van der Waals surface area contributed by atoms with E-state index in [4.69, 9.17) is 23.2 Å². The van der Waals surface area contributed by atoms with Gasteiger partial charge in [-0.05, 0) is 36.4 Å². The van der Waals surface area contributed by atoms with E-state index < -0.39 is 27.3 Å². The van der Waals surface area contributed by atoms with Crippen LogP contribution in [0.2, 0.25) is 10.0 Å². The van der Waals surface area contributed by atoms with Gasteiger partial charge in [-0.15, -0.1) is 0 Å². The van der Waals surface area contributed by atoms with Gasteiger partial charge in [0.25, 0.3) is 0 Å². The minimum atomic E-state index is -3.81. The number of halogens is 3. The molecule has 0 heterocycles. The van der Waals surface area contributed by atoms with Gasteiger partial charge in [0.1, 0.15) is 11.6 Å². The third-order valence-electron chi connectivity index (χ3n) is 3.37. The van der Waals surface area contributed by atoms with Crippen LogP contribution < -0.4 is 0 Å². The molecule has 0 aromatic heterocycles. The Morgan fingerprint density at radius 2 is 1.75 bits per heavy atom. The van der Waals surface area contributed by atoms with Crippen molar-refractivity contribution in [1.29, 1.82) is 0 Å². The van der Waals surface area contributed by atoms with Crippen LogP contribution in [0.5, 0.6) is 0 Å². The number of amides is 1. The first-order valence-corrected chi connectivity index (χ1v) is 9.26. The molecular formula is C16H14Cl2FNO3S. The second-order valence-corrected chi connectivity index (χ2v) is 8.00. The van der Waals surface area contributed by atoms with Gasteiger partial charge < -0.3 is 4.90 Å². The summed E-state index contributed by atoms with van der Waals surface area (Å²) >= 11 is 11.6. The zero-order valence-corrected chi connectivity index (χ0v) is 15.0. The number of sulfone groups is 1. The van der Waals surface area contributed by atoms with E-state index in [0.29, 0.717) is 5.02 Å². The van der Waals surface area contributed by atoms with Crippen molar-refractivity contribution in [3.8, 4) is 0 Å². The molecule has 4 nitrogen and oxygen atoms in total. The molecule has 0 fully saturated rings. The molecule has 0 aliphatic carbocycles. The zero-order chi connectivity index (χ0) is 17.9. The highest BCUT2D eigenvalue weighted by molar-refractivity contribution is 7.92. The summed E-state index contributed by atoms with van der Waals surface area (Å²) in [6.07, 6.45) is 0. The van der Waals surface area contributed by atoms with E-state index in [9.17, 15) is 17.6 Å². The van der Waals surface area contributed by atoms with Gasteiger partial charge in [-0.1, -0.05) is 29.3 Å². The fourth-order valence-corrected chi connectivity index (χ4v) is 3.62. The maximum Gasteiger partial charge on any atom is 0.238 e. The largest absolute Gasteiger partial charge is 0.340 e. The van der Waals surface area contributed by atoms with Crippen LogP contribution in [0.3, 0.4) is 0 Å². The maximum atomic E-state index is 13.8. The molecule has 0 N–H and O–H groups in total. The van der Waals surface area contributed by atoms with Crippen LogP contribution in [0, 0.1) is 5.82 Å². The highest BCUT2D eigenvalue weighted by Gasteiger charge is 2.23. The SMILES string of the molecule is CN(Cc1c(F)cccc1Cl)C(=O)CS(=O)(=O)c1ccc(Cl)cc1. The van der Waals surface area contributed by atoms with E-state index in [1.165, 1.54) is 49.5 Å². The number of benzene rings is 2. The molecule has 128 valence electrons. The zero-order valence-electron chi connectivity index (χ0n) is 12.7. The Hall–Kier alpha value is -1.63. The Morgan fingerprint density at radius 1 is 1.12 bits per heavy atom. The molecule has 0 radical (unpaired) electrons. The normalized spacial score (nSPS) is 11.3. The fourth-order valence-electron chi connectivity index (χ4n) is 2.01. The smallest absolute Gasteiger partial charge is 0.238 e. The molecule has 1 amide bonds. The fraction of sp³-hybridized carbons (Fsp3) is 0.188. The lowest BCUT2D eigenvalue weighted by Crippen LogP contribution is -2.32. The lowest BCUT2D eigenvalue weighted by Gasteiger charge is -2.18. The Bertz CT molecular complexity index is 834. The minimum Gasteiger partial charge on any atom is -0.340 e. The summed E-state index contributed by atoms with van der Waals surface area (Å²) < 4.78 is 38.3. The van der Waals surface area contributed by atoms with Crippen molar-refractivity contribution in [3.05, 3.63) is 63.9 Å². The van der Waals surface area contributed by atoms with Crippen molar-refractivity contribution in [1.82, 2.24) is 4.90 Å². The van der Waals surface area contributed by atoms with Gasteiger partial charge >= 0.3 is 0 Å². The number of hydrogen-bond acceptors (Lipinski definition) is 3. The van der Waals surface area contributed by atoms with Crippen LogP contribution in [-0.2, 0) is 21.2 Å². The van der Waals surface area contributed by atoms with E-state index in [2.05, 4.69) is 0 Å². The van der Waals surface area contributed by atoms with E-state index in [0.717, 1.165) is 4.90 Å². The van der Waals surface area contributed by atoms with Crippen molar-refractivity contribution in [2.45, 2.75) is 11.4 Å². The number of rotatable bonds is 5. The van der Waals surface area contributed by atoms with Crippen LogP contribution in [0.25, 0.3) is 0 Å². The van der Waals surface area contributed by atoms with Gasteiger partial charge in [0.05, 0.1) is 4.90 Å². The predicted molar refractivity (Wildman–Crippen MR) is 91.4 cm³/mol. The Balaban J connectivity index is 2.12. The maximum absolute atomic E-state index is 13.8. The van der Waals surface area contributed by atoms with Crippen LogP contribution in [0.1, 0.15) is 5.56 Å². The van der Waals surface area contributed by atoms with E-state index in [-0.39, 0.29) is 22.0 Å². The lowest BCUT2D eigenvalue weighted by molar-refractivity contribution is -0.127. The number of carbonyl (C=O) groups excluding carboxylic acids is 1.